The summed E-state index contributed by atoms with van der Waals surface area (Å²) in [6.07, 6.45) is 0. The maximum atomic E-state index is 13.2. The van der Waals surface area contributed by atoms with Crippen molar-refractivity contribution in [2.45, 2.75) is 9.92 Å². The second-order valence-corrected chi connectivity index (χ2v) is 8.32. The van der Waals surface area contributed by atoms with E-state index >= 15 is 0 Å². The molecule has 27 heavy (non-hydrogen) atoms. The zero-order valence-electron chi connectivity index (χ0n) is 14.3. The van der Waals surface area contributed by atoms with Crippen LogP contribution in [0.25, 0.3) is 11.5 Å². The lowest BCUT2D eigenvalue weighted by molar-refractivity contribution is 0.210. The van der Waals surface area contributed by atoms with Crippen LogP contribution in [0.15, 0.2) is 67.3 Å². The molecule has 0 bridgehead atoms. The van der Waals surface area contributed by atoms with Crippen molar-refractivity contribution in [2.75, 3.05) is 25.6 Å². The number of halogens is 2. The van der Waals surface area contributed by atoms with E-state index in [1.807, 2.05) is 0 Å². The second kappa shape index (κ2) is 8.20. The van der Waals surface area contributed by atoms with E-state index in [1.54, 1.807) is 12.1 Å². The number of methoxy groups -OCH3 is 1. The molecule has 0 fully saturated rings. The van der Waals surface area contributed by atoms with Gasteiger partial charge in [0.15, 0.2) is 0 Å². The van der Waals surface area contributed by atoms with Gasteiger partial charge in [-0.3, -0.25) is 0 Å². The Morgan fingerprint density at radius 3 is 2.44 bits per heavy atom. The number of rotatable bonds is 7. The summed E-state index contributed by atoms with van der Waals surface area (Å²) < 4.78 is 50.6. The summed E-state index contributed by atoms with van der Waals surface area (Å²) in [6.45, 7) is 0.682. The summed E-state index contributed by atoms with van der Waals surface area (Å²) >= 11 is 3.28. The fourth-order valence-corrected chi connectivity index (χ4v) is 3.85. The molecule has 3 rings (SSSR count). The quantitative estimate of drug-likeness (QED) is 0.540. The molecule has 0 atom stereocenters. The van der Waals surface area contributed by atoms with Gasteiger partial charge in [-0.05, 0) is 48.5 Å². The van der Waals surface area contributed by atoms with Crippen LogP contribution in [0.1, 0.15) is 0 Å². The number of benzene rings is 2. The molecular weight excluding hydrogens is 439 g/mol. The van der Waals surface area contributed by atoms with Gasteiger partial charge in [0.05, 0.1) is 11.5 Å². The number of ether oxygens (including phenoxy) is 1. The largest absolute Gasteiger partial charge is 0.419 e. The van der Waals surface area contributed by atoms with Gasteiger partial charge in [0.25, 0.3) is 0 Å². The summed E-state index contributed by atoms with van der Waals surface area (Å²) in [5.41, 5.74) is 0.462. The van der Waals surface area contributed by atoms with E-state index in [9.17, 15) is 12.8 Å². The van der Waals surface area contributed by atoms with Gasteiger partial charge in [-0.1, -0.05) is 15.9 Å². The average Bonchev–Trinajstić information content (AvgIpc) is 3.08. The third-order valence-corrected chi connectivity index (χ3v) is 5.86. The van der Waals surface area contributed by atoms with E-state index in [-0.39, 0.29) is 21.7 Å². The van der Waals surface area contributed by atoms with E-state index in [0.29, 0.717) is 18.7 Å². The highest BCUT2D eigenvalue weighted by atomic mass is 79.9. The molecule has 1 heterocycles. The third-order valence-electron chi connectivity index (χ3n) is 3.66. The molecule has 1 aromatic heterocycles. The van der Waals surface area contributed by atoms with Gasteiger partial charge in [-0.25, -0.2) is 12.8 Å². The first kappa shape index (κ1) is 19.5. The van der Waals surface area contributed by atoms with Crippen LogP contribution < -0.4 is 5.32 Å². The topological polar surface area (TPSA) is 81.4 Å². The third kappa shape index (κ3) is 4.37. The van der Waals surface area contributed by atoms with Crippen molar-refractivity contribution in [1.82, 2.24) is 4.98 Å². The lowest BCUT2D eigenvalue weighted by Crippen LogP contribution is -2.11. The van der Waals surface area contributed by atoms with E-state index in [0.717, 1.165) is 4.47 Å². The van der Waals surface area contributed by atoms with E-state index in [1.165, 1.54) is 43.5 Å². The first-order chi connectivity index (χ1) is 12.9. The van der Waals surface area contributed by atoms with Crippen molar-refractivity contribution >= 4 is 31.7 Å². The zero-order valence-corrected chi connectivity index (χ0v) is 16.7. The van der Waals surface area contributed by atoms with Crippen LogP contribution >= 0.6 is 15.9 Å². The standard InChI is InChI=1S/C18H16BrFN2O4S/c1-25-11-10-21-17-18(27(23,24)15-8-4-13(19)5-9-15)22-16(26-17)12-2-6-14(20)7-3-12/h2-9,21H,10-11H2,1H3. The highest BCUT2D eigenvalue weighted by Gasteiger charge is 2.28. The van der Waals surface area contributed by atoms with Gasteiger partial charge in [0, 0.05) is 23.7 Å². The molecule has 0 aliphatic heterocycles. The Bertz CT molecular complexity index is 1020. The maximum Gasteiger partial charge on any atom is 0.233 e. The van der Waals surface area contributed by atoms with E-state index in [2.05, 4.69) is 26.2 Å². The molecule has 0 spiro atoms. The highest BCUT2D eigenvalue weighted by Crippen LogP contribution is 2.32. The molecule has 0 aliphatic rings. The van der Waals surface area contributed by atoms with Gasteiger partial charge in [-0.2, -0.15) is 4.98 Å². The average molecular weight is 455 g/mol. The minimum absolute atomic E-state index is 0.00861. The molecule has 142 valence electrons. The van der Waals surface area contributed by atoms with Crippen LogP contribution in [-0.4, -0.2) is 33.7 Å². The number of aromatic nitrogens is 1. The number of hydrogen-bond donors (Lipinski definition) is 1. The van der Waals surface area contributed by atoms with Gasteiger partial charge in [0.1, 0.15) is 5.82 Å². The molecule has 9 heteroatoms. The Hall–Kier alpha value is -2.23. The van der Waals surface area contributed by atoms with E-state index < -0.39 is 15.7 Å². The summed E-state index contributed by atoms with van der Waals surface area (Å²) in [5.74, 6) is -0.327. The molecule has 6 nitrogen and oxygen atoms in total. The molecule has 0 aliphatic carbocycles. The van der Waals surface area contributed by atoms with Crippen LogP contribution in [0, 0.1) is 5.82 Å². The molecule has 1 N–H and O–H groups in total. The lowest BCUT2D eigenvalue weighted by atomic mass is 10.2. The minimum Gasteiger partial charge on any atom is -0.419 e. The molecule has 0 saturated carbocycles. The number of sulfone groups is 1. The second-order valence-electron chi connectivity index (χ2n) is 5.54. The number of nitrogens with one attached hydrogen (secondary N) is 1. The summed E-state index contributed by atoms with van der Waals surface area (Å²) in [6, 6.07) is 11.7. The monoisotopic (exact) mass is 454 g/mol. The Kier molecular flexibility index (Phi) is 5.93. The predicted octanol–water partition coefficient (Wildman–Crippen LogP) is 4.13. The smallest absolute Gasteiger partial charge is 0.233 e. The fourth-order valence-electron chi connectivity index (χ4n) is 2.31. The minimum atomic E-state index is -3.92. The van der Waals surface area contributed by atoms with Gasteiger partial charge in [0.2, 0.25) is 26.6 Å². The number of anilines is 1. The van der Waals surface area contributed by atoms with Crippen LogP contribution in [-0.2, 0) is 14.6 Å². The summed E-state index contributed by atoms with van der Waals surface area (Å²) in [7, 11) is -2.39. The highest BCUT2D eigenvalue weighted by molar-refractivity contribution is 9.10. The Labute approximate surface area is 164 Å². The van der Waals surface area contributed by atoms with Crippen molar-refractivity contribution in [3.8, 4) is 11.5 Å². The van der Waals surface area contributed by atoms with Crippen LogP contribution in [0.5, 0.6) is 0 Å². The number of nitrogens with zero attached hydrogens (tertiary/aromatic N) is 1. The Balaban J connectivity index is 2.06. The zero-order chi connectivity index (χ0) is 19.4. The summed E-state index contributed by atoms with van der Waals surface area (Å²) in [5, 5.41) is 2.65. The number of oxazole rings is 1. The molecule has 0 saturated heterocycles. The molecule has 3 aromatic rings. The van der Waals surface area contributed by atoms with Gasteiger partial charge < -0.3 is 14.5 Å². The molecule has 2 aromatic carbocycles. The van der Waals surface area contributed by atoms with Crippen molar-refractivity contribution < 1.29 is 22.0 Å². The maximum absolute atomic E-state index is 13.2. The van der Waals surface area contributed by atoms with Crippen LogP contribution in [0.2, 0.25) is 0 Å². The van der Waals surface area contributed by atoms with Gasteiger partial charge in [-0.15, -0.1) is 0 Å². The normalized spacial score (nSPS) is 11.5. The van der Waals surface area contributed by atoms with Crippen molar-refractivity contribution in [3.05, 3.63) is 58.8 Å². The van der Waals surface area contributed by atoms with E-state index in [4.69, 9.17) is 9.15 Å². The molecule has 0 amide bonds. The number of hydrogen-bond acceptors (Lipinski definition) is 6. The first-order valence-electron chi connectivity index (χ1n) is 7.92. The van der Waals surface area contributed by atoms with Crippen LogP contribution in [0.3, 0.4) is 0 Å². The summed E-state index contributed by atoms with van der Waals surface area (Å²) in [4.78, 5) is 4.25. The van der Waals surface area contributed by atoms with Crippen molar-refractivity contribution in [2.24, 2.45) is 0 Å². The lowest BCUT2D eigenvalue weighted by Gasteiger charge is -2.05. The van der Waals surface area contributed by atoms with Crippen molar-refractivity contribution in [1.29, 1.82) is 0 Å². The molecule has 0 unspecified atom stereocenters. The molecule has 0 radical (unpaired) electrons. The molecular formula is C18H16BrFN2O4S. The van der Waals surface area contributed by atoms with Crippen LogP contribution in [0.4, 0.5) is 10.3 Å². The van der Waals surface area contributed by atoms with Gasteiger partial charge >= 0.3 is 0 Å². The fraction of sp³-hybridized carbons (Fsp3) is 0.167. The Morgan fingerprint density at radius 2 is 1.81 bits per heavy atom. The first-order valence-corrected chi connectivity index (χ1v) is 10.2. The predicted molar refractivity (Wildman–Crippen MR) is 102 cm³/mol. The SMILES string of the molecule is COCCNc1oc(-c2ccc(F)cc2)nc1S(=O)(=O)c1ccc(Br)cc1. The van der Waals surface area contributed by atoms with Crippen molar-refractivity contribution in [3.63, 3.8) is 0 Å². The Morgan fingerprint density at radius 1 is 1.15 bits per heavy atom.